The van der Waals surface area contributed by atoms with Gasteiger partial charge in [-0.1, -0.05) is 37.1 Å². The monoisotopic (exact) mass is 608 g/mol. The van der Waals surface area contributed by atoms with Crippen LogP contribution in [0.15, 0.2) is 35.9 Å². The van der Waals surface area contributed by atoms with E-state index in [2.05, 4.69) is 12.7 Å². The second kappa shape index (κ2) is 14.4. The maximum absolute atomic E-state index is 11.4. The van der Waals surface area contributed by atoms with E-state index in [4.69, 9.17) is 14.2 Å². The summed E-state index contributed by atoms with van der Waals surface area (Å²) in [6, 6.07) is 3.51. The van der Waals surface area contributed by atoms with Gasteiger partial charge in [0, 0.05) is 24.0 Å². The summed E-state index contributed by atoms with van der Waals surface area (Å²) in [4.78, 5) is 0. The van der Waals surface area contributed by atoms with Crippen molar-refractivity contribution < 1.29 is 55.1 Å². The molecule has 0 radical (unpaired) electrons. The Balaban J connectivity index is 1.69. The number of phenolic OH excluding ortho intramolecular Hbond substituents is 1. The van der Waals surface area contributed by atoms with E-state index >= 15 is 0 Å². The lowest BCUT2D eigenvalue weighted by Crippen LogP contribution is -2.64. The second-order valence-corrected chi connectivity index (χ2v) is 12.4. The third-order valence-electron chi connectivity index (χ3n) is 9.16. The highest BCUT2D eigenvalue weighted by Crippen LogP contribution is 2.47. The third kappa shape index (κ3) is 7.11. The molecule has 1 saturated heterocycles. The minimum Gasteiger partial charge on any atom is -0.507 e. The average molecular weight is 609 g/mol. The van der Waals surface area contributed by atoms with E-state index in [0.29, 0.717) is 12.0 Å². The van der Waals surface area contributed by atoms with Crippen molar-refractivity contribution in [2.75, 3.05) is 13.2 Å². The zero-order chi connectivity index (χ0) is 31.6. The van der Waals surface area contributed by atoms with Crippen molar-refractivity contribution in [1.82, 2.24) is 0 Å². The molecular formula is C32H48O11. The fraction of sp³-hybridized carbons (Fsp3) is 0.688. The van der Waals surface area contributed by atoms with Crippen molar-refractivity contribution in [3.05, 3.63) is 47.1 Å². The van der Waals surface area contributed by atoms with Crippen LogP contribution in [0.5, 0.6) is 11.5 Å². The van der Waals surface area contributed by atoms with Crippen LogP contribution in [0.25, 0.3) is 0 Å². The summed E-state index contributed by atoms with van der Waals surface area (Å²) < 4.78 is 18.1. The van der Waals surface area contributed by atoms with Crippen molar-refractivity contribution in [2.45, 2.75) is 114 Å². The Hall–Kier alpha value is -2.06. The number of ether oxygens (including phenoxy) is 3. The SMILES string of the molecule is C=C(C)[C@@H]1CCC(C)=C[C@H]1c1c(O)cc(CCC)cc1O[C@@H]1O[C@H](CO)[C@@H](O)[C@H](O[C@@H]2C[C@H](CO)[C@@H](O)[C@H](O)[C@H]2O)[C@H]1O. The number of phenols is 1. The zero-order valence-electron chi connectivity index (χ0n) is 25.1. The number of benzene rings is 1. The molecule has 0 amide bonds. The van der Waals surface area contributed by atoms with Gasteiger partial charge in [0.25, 0.3) is 0 Å². The highest BCUT2D eigenvalue weighted by atomic mass is 16.7. The molecule has 8 N–H and O–H groups in total. The molecule has 242 valence electrons. The number of aromatic hydroxyl groups is 1. The number of aliphatic hydroxyl groups excluding tert-OH is 7. The first-order chi connectivity index (χ1) is 20.4. The minimum atomic E-state index is -1.63. The van der Waals surface area contributed by atoms with Gasteiger partial charge in [-0.3, -0.25) is 0 Å². The van der Waals surface area contributed by atoms with Gasteiger partial charge in [-0.05, 0) is 63.1 Å². The Labute approximate surface area is 252 Å². The zero-order valence-corrected chi connectivity index (χ0v) is 25.1. The lowest BCUT2D eigenvalue weighted by atomic mass is 9.73. The van der Waals surface area contributed by atoms with Crippen molar-refractivity contribution in [3.63, 3.8) is 0 Å². The summed E-state index contributed by atoms with van der Waals surface area (Å²) >= 11 is 0. The number of allylic oxidation sites excluding steroid dienone is 3. The predicted octanol–water partition coefficient (Wildman–Crippen LogP) is 1.03. The molecule has 2 aliphatic carbocycles. The molecule has 43 heavy (non-hydrogen) atoms. The number of aliphatic hydroxyl groups is 7. The van der Waals surface area contributed by atoms with E-state index in [1.54, 1.807) is 12.1 Å². The first kappa shape index (κ1) is 33.8. The van der Waals surface area contributed by atoms with Crippen LogP contribution in [0.2, 0.25) is 0 Å². The van der Waals surface area contributed by atoms with Gasteiger partial charge in [0.15, 0.2) is 0 Å². The molecule has 11 heteroatoms. The molecule has 12 atom stereocenters. The lowest BCUT2D eigenvalue weighted by Gasteiger charge is -2.46. The Morgan fingerprint density at radius 1 is 1.00 bits per heavy atom. The van der Waals surface area contributed by atoms with Crippen molar-refractivity contribution in [1.29, 1.82) is 0 Å². The highest BCUT2D eigenvalue weighted by molar-refractivity contribution is 5.52. The molecule has 4 rings (SSSR count). The van der Waals surface area contributed by atoms with Gasteiger partial charge in [0.05, 0.1) is 18.8 Å². The quantitative estimate of drug-likeness (QED) is 0.177. The Morgan fingerprint density at radius 3 is 2.35 bits per heavy atom. The molecule has 1 aromatic carbocycles. The molecule has 0 aromatic heterocycles. The van der Waals surface area contributed by atoms with Gasteiger partial charge in [0.2, 0.25) is 6.29 Å². The first-order valence-electron chi connectivity index (χ1n) is 15.2. The molecule has 0 unspecified atom stereocenters. The summed E-state index contributed by atoms with van der Waals surface area (Å²) in [6.07, 6.45) is -7.80. The molecule has 1 saturated carbocycles. The first-order valence-corrected chi connectivity index (χ1v) is 15.2. The molecule has 0 spiro atoms. The maximum Gasteiger partial charge on any atom is 0.229 e. The van der Waals surface area contributed by atoms with Crippen molar-refractivity contribution >= 4 is 0 Å². The summed E-state index contributed by atoms with van der Waals surface area (Å²) in [7, 11) is 0. The average Bonchev–Trinajstić information content (AvgIpc) is 2.96. The Bertz CT molecular complexity index is 1140. The Kier molecular flexibility index (Phi) is 11.3. The van der Waals surface area contributed by atoms with Gasteiger partial charge in [0.1, 0.15) is 48.1 Å². The van der Waals surface area contributed by atoms with Crippen molar-refractivity contribution in [2.24, 2.45) is 11.8 Å². The van der Waals surface area contributed by atoms with E-state index in [-0.39, 0.29) is 29.8 Å². The van der Waals surface area contributed by atoms with Gasteiger partial charge in [-0.2, -0.15) is 0 Å². The molecule has 1 heterocycles. The number of hydrogen-bond acceptors (Lipinski definition) is 11. The fourth-order valence-corrected chi connectivity index (χ4v) is 6.67. The number of rotatable bonds is 10. The summed E-state index contributed by atoms with van der Waals surface area (Å²) in [5.74, 6) is -0.725. The second-order valence-electron chi connectivity index (χ2n) is 12.4. The lowest BCUT2D eigenvalue weighted by molar-refractivity contribution is -0.303. The largest absolute Gasteiger partial charge is 0.507 e. The highest BCUT2D eigenvalue weighted by Gasteiger charge is 2.51. The van der Waals surface area contributed by atoms with Gasteiger partial charge >= 0.3 is 0 Å². The topological polar surface area (TPSA) is 190 Å². The smallest absolute Gasteiger partial charge is 0.229 e. The molecule has 11 nitrogen and oxygen atoms in total. The third-order valence-corrected chi connectivity index (χ3v) is 9.16. The number of aryl methyl sites for hydroxylation is 1. The van der Waals surface area contributed by atoms with E-state index in [1.165, 1.54) is 0 Å². The van der Waals surface area contributed by atoms with Crippen LogP contribution < -0.4 is 4.74 Å². The normalized spacial score (nSPS) is 38.4. The molecule has 1 aromatic rings. The van der Waals surface area contributed by atoms with Gasteiger partial charge in [-0.25, -0.2) is 0 Å². The van der Waals surface area contributed by atoms with Crippen LogP contribution in [0.4, 0.5) is 0 Å². The van der Waals surface area contributed by atoms with E-state index in [1.807, 2.05) is 20.8 Å². The minimum absolute atomic E-state index is 0.0308. The van der Waals surface area contributed by atoms with Crippen LogP contribution in [0.1, 0.15) is 63.5 Å². The molecular weight excluding hydrogens is 560 g/mol. The van der Waals surface area contributed by atoms with Crippen LogP contribution in [0.3, 0.4) is 0 Å². The van der Waals surface area contributed by atoms with Crippen LogP contribution in [-0.2, 0) is 15.9 Å². The van der Waals surface area contributed by atoms with E-state index in [0.717, 1.165) is 36.0 Å². The van der Waals surface area contributed by atoms with E-state index < -0.39 is 74.3 Å². The van der Waals surface area contributed by atoms with Gasteiger partial charge in [-0.15, -0.1) is 0 Å². The maximum atomic E-state index is 11.4. The Morgan fingerprint density at radius 2 is 1.72 bits per heavy atom. The number of hydrogen-bond donors (Lipinski definition) is 8. The van der Waals surface area contributed by atoms with Gasteiger partial charge < -0.3 is 55.1 Å². The molecule has 2 fully saturated rings. The van der Waals surface area contributed by atoms with Crippen LogP contribution >= 0.6 is 0 Å². The van der Waals surface area contributed by atoms with Crippen LogP contribution in [0, 0.1) is 11.8 Å². The molecule has 1 aliphatic heterocycles. The summed E-state index contributed by atoms with van der Waals surface area (Å²) in [5.41, 5.74) is 3.45. The van der Waals surface area contributed by atoms with Crippen LogP contribution in [-0.4, -0.2) is 109 Å². The molecule has 3 aliphatic rings. The van der Waals surface area contributed by atoms with E-state index in [9.17, 15) is 40.9 Å². The predicted molar refractivity (Wildman–Crippen MR) is 156 cm³/mol. The summed E-state index contributed by atoms with van der Waals surface area (Å²) in [6.45, 7) is 9.06. The fourth-order valence-electron chi connectivity index (χ4n) is 6.67. The molecule has 0 bridgehead atoms. The standard InChI is InChI=1S/C32H48O11/c1-5-6-17-10-21(35)25(20-9-16(4)7-8-19(20)15(2)3)22(11-17)42-32-30(40)31(28(38)24(14-34)43-32)41-23-12-18(13-33)26(36)29(39)27(23)37/h9-11,18-20,23-24,26-40H,2,5-8,12-14H2,1,3-4H3/t18-,19+,20-,23-,24-,26-,27+,28-,29+,30-,31+,32-/m1/s1. The summed E-state index contributed by atoms with van der Waals surface area (Å²) in [5, 5.41) is 84.5. The van der Waals surface area contributed by atoms with Crippen molar-refractivity contribution in [3.8, 4) is 11.5 Å².